The topological polar surface area (TPSA) is 42.7 Å². The fraction of sp³-hybridized carbons (Fsp3) is 0.750. The summed E-state index contributed by atoms with van der Waals surface area (Å²) in [6.45, 7) is 2.25. The quantitative estimate of drug-likeness (QED) is 0.712. The van der Waals surface area contributed by atoms with Crippen LogP contribution >= 0.6 is 0 Å². The fourth-order valence-electron chi connectivity index (χ4n) is 1.56. The Kier molecular flexibility index (Phi) is 1.56. The van der Waals surface area contributed by atoms with Gasteiger partial charge in [-0.25, -0.2) is 0 Å². The highest BCUT2D eigenvalue weighted by Gasteiger charge is 2.38. The summed E-state index contributed by atoms with van der Waals surface area (Å²) in [6, 6.07) is 0. The molecule has 1 aromatic rings. The smallest absolute Gasteiger partial charge is 0.224 e. The van der Waals surface area contributed by atoms with Crippen molar-refractivity contribution in [2.75, 3.05) is 12.4 Å². The SMILES string of the molecule is CNc1nnc(C2CC2C)n1C. The van der Waals surface area contributed by atoms with Crippen molar-refractivity contribution in [1.82, 2.24) is 14.8 Å². The second kappa shape index (κ2) is 2.47. The van der Waals surface area contributed by atoms with E-state index in [1.165, 1.54) is 6.42 Å². The molecule has 12 heavy (non-hydrogen) atoms. The highest BCUT2D eigenvalue weighted by Crippen LogP contribution is 2.46. The molecule has 66 valence electrons. The molecule has 1 aliphatic rings. The first-order chi connectivity index (χ1) is 5.74. The van der Waals surface area contributed by atoms with Crippen LogP contribution in [0.5, 0.6) is 0 Å². The lowest BCUT2D eigenvalue weighted by Gasteiger charge is -2.00. The number of rotatable bonds is 2. The normalized spacial score (nSPS) is 27.2. The summed E-state index contributed by atoms with van der Waals surface area (Å²) in [5.74, 6) is 3.40. The van der Waals surface area contributed by atoms with Crippen LogP contribution in [0, 0.1) is 5.92 Å². The zero-order valence-electron chi connectivity index (χ0n) is 7.70. The third-order valence-electron chi connectivity index (χ3n) is 2.57. The van der Waals surface area contributed by atoms with Gasteiger partial charge in [0, 0.05) is 20.0 Å². The second-order valence-electron chi connectivity index (χ2n) is 3.51. The molecule has 0 saturated heterocycles. The Morgan fingerprint density at radius 3 is 2.58 bits per heavy atom. The molecular weight excluding hydrogens is 152 g/mol. The maximum atomic E-state index is 4.15. The number of hydrogen-bond acceptors (Lipinski definition) is 3. The van der Waals surface area contributed by atoms with E-state index in [4.69, 9.17) is 0 Å². The second-order valence-corrected chi connectivity index (χ2v) is 3.51. The third-order valence-corrected chi connectivity index (χ3v) is 2.57. The maximum absolute atomic E-state index is 4.15. The van der Waals surface area contributed by atoms with E-state index >= 15 is 0 Å². The molecule has 2 rings (SSSR count). The van der Waals surface area contributed by atoms with Crippen LogP contribution in [0.1, 0.15) is 25.1 Å². The minimum atomic E-state index is 0.643. The Balaban J connectivity index is 2.27. The number of aromatic nitrogens is 3. The van der Waals surface area contributed by atoms with E-state index in [9.17, 15) is 0 Å². The third kappa shape index (κ3) is 0.983. The first-order valence-corrected chi connectivity index (χ1v) is 4.31. The minimum absolute atomic E-state index is 0.643. The molecule has 2 unspecified atom stereocenters. The van der Waals surface area contributed by atoms with Crippen molar-refractivity contribution >= 4 is 5.95 Å². The average molecular weight is 166 g/mol. The van der Waals surface area contributed by atoms with Crippen molar-refractivity contribution in [3.8, 4) is 0 Å². The Hall–Kier alpha value is -1.06. The van der Waals surface area contributed by atoms with Crippen molar-refractivity contribution in [2.24, 2.45) is 13.0 Å². The predicted molar refractivity (Wildman–Crippen MR) is 47.1 cm³/mol. The summed E-state index contributed by atoms with van der Waals surface area (Å²) in [4.78, 5) is 0. The Labute approximate surface area is 72.0 Å². The Bertz CT molecular complexity index is 291. The van der Waals surface area contributed by atoms with Crippen LogP contribution in [-0.2, 0) is 7.05 Å². The van der Waals surface area contributed by atoms with Gasteiger partial charge >= 0.3 is 0 Å². The average Bonchev–Trinajstić information content (AvgIpc) is 2.63. The van der Waals surface area contributed by atoms with Gasteiger partial charge in [-0.3, -0.25) is 0 Å². The first kappa shape index (κ1) is 7.58. The van der Waals surface area contributed by atoms with Gasteiger partial charge < -0.3 is 9.88 Å². The van der Waals surface area contributed by atoms with Gasteiger partial charge in [0.1, 0.15) is 5.82 Å². The molecule has 4 nitrogen and oxygen atoms in total. The summed E-state index contributed by atoms with van der Waals surface area (Å²) in [6.07, 6.45) is 1.26. The summed E-state index contributed by atoms with van der Waals surface area (Å²) in [5, 5.41) is 11.2. The van der Waals surface area contributed by atoms with Gasteiger partial charge in [-0.2, -0.15) is 0 Å². The molecule has 0 aliphatic heterocycles. The predicted octanol–water partition coefficient (Wildman–Crippen LogP) is 0.980. The minimum Gasteiger partial charge on any atom is -0.357 e. The monoisotopic (exact) mass is 166 g/mol. The van der Waals surface area contributed by atoms with Gasteiger partial charge in [0.25, 0.3) is 0 Å². The molecule has 1 N–H and O–H groups in total. The standard InChI is InChI=1S/C8H14N4/c1-5-4-6(5)7-10-11-8(9-2)12(7)3/h5-6H,4H2,1-3H3,(H,9,11). The van der Waals surface area contributed by atoms with Crippen molar-refractivity contribution in [2.45, 2.75) is 19.3 Å². The molecule has 0 spiro atoms. The van der Waals surface area contributed by atoms with E-state index in [1.54, 1.807) is 0 Å². The Morgan fingerprint density at radius 1 is 1.50 bits per heavy atom. The van der Waals surface area contributed by atoms with Gasteiger partial charge in [-0.05, 0) is 12.3 Å². The molecule has 1 heterocycles. The summed E-state index contributed by atoms with van der Waals surface area (Å²) < 4.78 is 2.04. The van der Waals surface area contributed by atoms with Crippen molar-refractivity contribution in [3.05, 3.63) is 5.82 Å². The zero-order chi connectivity index (χ0) is 8.72. The summed E-state index contributed by atoms with van der Waals surface area (Å²) >= 11 is 0. The maximum Gasteiger partial charge on any atom is 0.224 e. The molecule has 0 amide bonds. The van der Waals surface area contributed by atoms with E-state index in [1.807, 2.05) is 18.7 Å². The molecule has 2 atom stereocenters. The zero-order valence-corrected chi connectivity index (χ0v) is 7.70. The van der Waals surface area contributed by atoms with E-state index in [2.05, 4.69) is 22.4 Å². The van der Waals surface area contributed by atoms with E-state index in [0.29, 0.717) is 5.92 Å². The van der Waals surface area contributed by atoms with Crippen molar-refractivity contribution < 1.29 is 0 Å². The van der Waals surface area contributed by atoms with Crippen molar-refractivity contribution in [3.63, 3.8) is 0 Å². The van der Waals surface area contributed by atoms with Crippen molar-refractivity contribution in [1.29, 1.82) is 0 Å². The highest BCUT2D eigenvalue weighted by atomic mass is 15.3. The first-order valence-electron chi connectivity index (χ1n) is 4.31. The summed E-state index contributed by atoms with van der Waals surface area (Å²) in [5.41, 5.74) is 0. The number of hydrogen-bond donors (Lipinski definition) is 1. The molecular formula is C8H14N4. The lowest BCUT2D eigenvalue weighted by molar-refractivity contribution is 0.766. The van der Waals surface area contributed by atoms with Gasteiger partial charge in [0.05, 0.1) is 0 Å². The van der Waals surface area contributed by atoms with E-state index < -0.39 is 0 Å². The highest BCUT2D eigenvalue weighted by molar-refractivity contribution is 5.26. The van der Waals surface area contributed by atoms with Gasteiger partial charge in [-0.1, -0.05) is 6.92 Å². The largest absolute Gasteiger partial charge is 0.357 e. The molecule has 4 heteroatoms. The van der Waals surface area contributed by atoms with Crippen LogP contribution in [-0.4, -0.2) is 21.8 Å². The van der Waals surface area contributed by atoms with Crippen LogP contribution in [0.3, 0.4) is 0 Å². The molecule has 0 radical (unpaired) electrons. The molecule has 1 fully saturated rings. The lowest BCUT2D eigenvalue weighted by atomic mass is 10.3. The number of anilines is 1. The molecule has 1 saturated carbocycles. The summed E-state index contributed by atoms with van der Waals surface area (Å²) in [7, 11) is 3.87. The van der Waals surface area contributed by atoms with Crippen LogP contribution in [0.15, 0.2) is 0 Å². The number of nitrogens with zero attached hydrogens (tertiary/aromatic N) is 3. The molecule has 1 aliphatic carbocycles. The Morgan fingerprint density at radius 2 is 2.17 bits per heavy atom. The van der Waals surface area contributed by atoms with Gasteiger partial charge in [0.2, 0.25) is 5.95 Å². The van der Waals surface area contributed by atoms with Crippen LogP contribution in [0.4, 0.5) is 5.95 Å². The molecule has 0 aromatic carbocycles. The van der Waals surface area contributed by atoms with Crippen LogP contribution in [0.25, 0.3) is 0 Å². The van der Waals surface area contributed by atoms with E-state index in [0.717, 1.165) is 17.7 Å². The number of nitrogens with one attached hydrogen (secondary N) is 1. The lowest BCUT2D eigenvalue weighted by Crippen LogP contribution is -2.01. The van der Waals surface area contributed by atoms with Crippen LogP contribution < -0.4 is 5.32 Å². The van der Waals surface area contributed by atoms with Crippen LogP contribution in [0.2, 0.25) is 0 Å². The van der Waals surface area contributed by atoms with E-state index in [-0.39, 0.29) is 0 Å². The fourth-order valence-corrected chi connectivity index (χ4v) is 1.56. The van der Waals surface area contributed by atoms with Gasteiger partial charge in [0.15, 0.2) is 0 Å². The molecule has 1 aromatic heterocycles. The van der Waals surface area contributed by atoms with Gasteiger partial charge in [-0.15, -0.1) is 10.2 Å². The molecule has 0 bridgehead atoms.